The van der Waals surface area contributed by atoms with Crippen molar-refractivity contribution in [1.82, 2.24) is 24.2 Å². The Morgan fingerprint density at radius 2 is 1.75 bits per heavy atom. The Balaban J connectivity index is 1.54. The molecule has 140 valence electrons. The van der Waals surface area contributed by atoms with Gasteiger partial charge in [-0.15, -0.1) is 0 Å². The van der Waals surface area contributed by atoms with Gasteiger partial charge in [0.05, 0.1) is 11.1 Å². The van der Waals surface area contributed by atoms with Gasteiger partial charge in [-0.05, 0) is 29.8 Å². The van der Waals surface area contributed by atoms with Crippen molar-refractivity contribution in [1.29, 1.82) is 0 Å². The van der Waals surface area contributed by atoms with Crippen LogP contribution < -0.4 is 5.32 Å². The maximum atomic E-state index is 12.9. The molecule has 2 aromatic carbocycles. The van der Waals surface area contributed by atoms with Crippen molar-refractivity contribution in [2.75, 3.05) is 0 Å². The Kier molecular flexibility index (Phi) is 4.58. The fraction of sp³-hybridized carbons (Fsp3) is 0.0526. The van der Waals surface area contributed by atoms with Crippen LogP contribution in [0.3, 0.4) is 0 Å². The molecule has 4 aromatic rings. The van der Waals surface area contributed by atoms with E-state index in [0.717, 1.165) is 9.54 Å². The molecule has 0 unspecified atom stereocenters. The first-order chi connectivity index (χ1) is 13.6. The standard InChI is InChI=1S/C19H15N5O3S/c25-19(21-10-14-4-2-1-3-5-14)15-6-8-16(9-7-15)28(26,27)24-13-23-18-17(24)11-20-12-22-18/h1-9,11-13H,10H2,(H,21,25). The fourth-order valence-electron chi connectivity index (χ4n) is 2.70. The van der Waals surface area contributed by atoms with Gasteiger partial charge in [0.15, 0.2) is 5.65 Å². The second kappa shape index (κ2) is 7.20. The van der Waals surface area contributed by atoms with Crippen LogP contribution in [0.5, 0.6) is 0 Å². The molecule has 0 bridgehead atoms. The van der Waals surface area contributed by atoms with Gasteiger partial charge in [-0.3, -0.25) is 4.79 Å². The van der Waals surface area contributed by atoms with Crippen molar-refractivity contribution in [3.63, 3.8) is 0 Å². The van der Waals surface area contributed by atoms with Gasteiger partial charge >= 0.3 is 0 Å². The summed E-state index contributed by atoms with van der Waals surface area (Å²) in [5.41, 5.74) is 1.92. The predicted octanol–water partition coefficient (Wildman–Crippen LogP) is 1.99. The lowest BCUT2D eigenvalue weighted by Gasteiger charge is -2.08. The highest BCUT2D eigenvalue weighted by molar-refractivity contribution is 7.90. The summed E-state index contributed by atoms with van der Waals surface area (Å²) >= 11 is 0. The van der Waals surface area contributed by atoms with Crippen LogP contribution in [-0.4, -0.2) is 33.2 Å². The van der Waals surface area contributed by atoms with E-state index in [-0.39, 0.29) is 22.0 Å². The van der Waals surface area contributed by atoms with Crippen molar-refractivity contribution >= 4 is 27.1 Å². The molecule has 8 nitrogen and oxygen atoms in total. The molecule has 0 aliphatic heterocycles. The van der Waals surface area contributed by atoms with Crippen LogP contribution in [-0.2, 0) is 16.6 Å². The van der Waals surface area contributed by atoms with Gasteiger partial charge in [-0.1, -0.05) is 30.3 Å². The summed E-state index contributed by atoms with van der Waals surface area (Å²) in [5.74, 6) is -0.283. The maximum Gasteiger partial charge on any atom is 0.269 e. The molecule has 28 heavy (non-hydrogen) atoms. The van der Waals surface area contributed by atoms with E-state index in [4.69, 9.17) is 0 Å². The first-order valence-electron chi connectivity index (χ1n) is 8.36. The Hall–Kier alpha value is -3.59. The molecule has 1 N–H and O–H groups in total. The van der Waals surface area contributed by atoms with Gasteiger partial charge in [0.25, 0.3) is 15.9 Å². The molecule has 4 rings (SSSR count). The first-order valence-corrected chi connectivity index (χ1v) is 9.80. The van der Waals surface area contributed by atoms with Crippen molar-refractivity contribution in [3.8, 4) is 0 Å². The number of hydrogen-bond donors (Lipinski definition) is 1. The summed E-state index contributed by atoms with van der Waals surface area (Å²) in [7, 11) is -3.88. The molecule has 0 atom stereocenters. The molecule has 9 heteroatoms. The lowest BCUT2D eigenvalue weighted by Crippen LogP contribution is -2.22. The van der Waals surface area contributed by atoms with Crippen LogP contribution in [0.25, 0.3) is 11.2 Å². The lowest BCUT2D eigenvalue weighted by molar-refractivity contribution is 0.0951. The SMILES string of the molecule is O=C(NCc1ccccc1)c1ccc(S(=O)(=O)n2cnc3ncncc32)cc1. The van der Waals surface area contributed by atoms with E-state index in [0.29, 0.717) is 12.1 Å². The van der Waals surface area contributed by atoms with Crippen molar-refractivity contribution < 1.29 is 13.2 Å². The third-order valence-corrected chi connectivity index (χ3v) is 5.84. The Labute approximate surface area is 161 Å². The van der Waals surface area contributed by atoms with Gasteiger partial charge in [0.1, 0.15) is 18.2 Å². The number of rotatable bonds is 5. The van der Waals surface area contributed by atoms with Gasteiger partial charge in [0.2, 0.25) is 0 Å². The number of carbonyl (C=O) groups is 1. The molecule has 0 radical (unpaired) electrons. The number of aromatic nitrogens is 4. The average Bonchev–Trinajstić information content (AvgIpc) is 3.18. The molecular formula is C19H15N5O3S. The molecule has 1 amide bonds. The van der Waals surface area contributed by atoms with Crippen LogP contribution in [0.15, 0.2) is 78.3 Å². The summed E-state index contributed by atoms with van der Waals surface area (Å²) in [4.78, 5) is 24.1. The van der Waals surface area contributed by atoms with Crippen LogP contribution in [0, 0.1) is 0 Å². The van der Waals surface area contributed by atoms with Crippen LogP contribution in [0.2, 0.25) is 0 Å². The minimum Gasteiger partial charge on any atom is -0.348 e. The van der Waals surface area contributed by atoms with E-state index in [9.17, 15) is 13.2 Å². The Morgan fingerprint density at radius 3 is 2.50 bits per heavy atom. The molecular weight excluding hydrogens is 378 g/mol. The van der Waals surface area contributed by atoms with E-state index in [1.807, 2.05) is 30.3 Å². The van der Waals surface area contributed by atoms with Gasteiger partial charge in [-0.2, -0.15) is 0 Å². The summed E-state index contributed by atoms with van der Waals surface area (Å²) in [6, 6.07) is 15.2. The van der Waals surface area contributed by atoms with Crippen molar-refractivity contribution in [2.45, 2.75) is 11.4 Å². The van der Waals surface area contributed by atoms with E-state index in [1.54, 1.807) is 0 Å². The Morgan fingerprint density at radius 1 is 1.00 bits per heavy atom. The highest BCUT2D eigenvalue weighted by Gasteiger charge is 2.20. The van der Waals surface area contributed by atoms with Crippen LogP contribution in [0.4, 0.5) is 0 Å². The fourth-order valence-corrected chi connectivity index (χ4v) is 3.97. The van der Waals surface area contributed by atoms with Crippen LogP contribution in [0.1, 0.15) is 15.9 Å². The molecule has 0 fully saturated rings. The zero-order valence-corrected chi connectivity index (χ0v) is 15.4. The molecule has 2 aromatic heterocycles. The van der Waals surface area contributed by atoms with Gasteiger partial charge in [-0.25, -0.2) is 27.3 Å². The third kappa shape index (κ3) is 3.35. The van der Waals surface area contributed by atoms with Gasteiger partial charge in [0, 0.05) is 12.1 Å². The molecule has 2 heterocycles. The minimum atomic E-state index is -3.88. The largest absolute Gasteiger partial charge is 0.348 e. The third-order valence-electron chi connectivity index (χ3n) is 4.16. The van der Waals surface area contributed by atoms with Crippen molar-refractivity contribution in [3.05, 3.63) is 84.6 Å². The zero-order valence-electron chi connectivity index (χ0n) is 14.6. The lowest BCUT2D eigenvalue weighted by atomic mass is 10.2. The predicted molar refractivity (Wildman–Crippen MR) is 102 cm³/mol. The van der Waals surface area contributed by atoms with Crippen LogP contribution >= 0.6 is 0 Å². The quantitative estimate of drug-likeness (QED) is 0.556. The number of carbonyl (C=O) groups excluding carboxylic acids is 1. The second-order valence-electron chi connectivity index (χ2n) is 5.97. The van der Waals surface area contributed by atoms with E-state index in [1.165, 1.54) is 43.1 Å². The van der Waals surface area contributed by atoms with E-state index in [2.05, 4.69) is 20.3 Å². The summed E-state index contributed by atoms with van der Waals surface area (Å²) in [5, 5.41) is 2.81. The number of fused-ring (bicyclic) bond motifs is 1. The Bertz CT molecular complexity index is 1240. The summed E-state index contributed by atoms with van der Waals surface area (Å²) in [6.45, 7) is 0.390. The number of benzene rings is 2. The molecule has 0 saturated carbocycles. The summed E-state index contributed by atoms with van der Waals surface area (Å²) in [6.07, 6.45) is 3.88. The maximum absolute atomic E-state index is 12.9. The first kappa shape index (κ1) is 17.8. The number of hydrogen-bond acceptors (Lipinski definition) is 6. The van der Waals surface area contributed by atoms with E-state index >= 15 is 0 Å². The average molecular weight is 393 g/mol. The highest BCUT2D eigenvalue weighted by Crippen LogP contribution is 2.19. The highest BCUT2D eigenvalue weighted by atomic mass is 32.2. The molecule has 0 spiro atoms. The zero-order chi connectivity index (χ0) is 19.6. The number of amides is 1. The number of nitrogens with one attached hydrogen (secondary N) is 1. The van der Waals surface area contributed by atoms with Gasteiger partial charge < -0.3 is 5.32 Å². The minimum absolute atomic E-state index is 0.0373. The number of nitrogens with zero attached hydrogens (tertiary/aromatic N) is 4. The number of imidazole rings is 1. The monoisotopic (exact) mass is 393 g/mol. The molecule has 0 saturated heterocycles. The van der Waals surface area contributed by atoms with Crippen molar-refractivity contribution in [2.24, 2.45) is 0 Å². The summed E-state index contributed by atoms with van der Waals surface area (Å²) < 4.78 is 26.8. The topological polar surface area (TPSA) is 107 Å². The second-order valence-corrected chi connectivity index (χ2v) is 7.78. The van der Waals surface area contributed by atoms with E-state index < -0.39 is 10.0 Å². The molecule has 0 aliphatic rings. The molecule has 0 aliphatic carbocycles. The smallest absolute Gasteiger partial charge is 0.269 e. The normalized spacial score (nSPS) is 11.4.